The van der Waals surface area contributed by atoms with E-state index in [2.05, 4.69) is 15.0 Å². The van der Waals surface area contributed by atoms with Gasteiger partial charge in [-0.05, 0) is 26.1 Å². The van der Waals surface area contributed by atoms with E-state index in [1.807, 2.05) is 17.7 Å². The molecule has 0 saturated heterocycles. The molecule has 0 fully saturated rings. The maximum Gasteiger partial charge on any atom is 0.273 e. The third kappa shape index (κ3) is 3.69. The highest BCUT2D eigenvalue weighted by Crippen LogP contribution is 2.13. The third-order valence-corrected chi connectivity index (χ3v) is 4.13. The second-order valence-corrected chi connectivity index (χ2v) is 6.29. The van der Waals surface area contributed by atoms with E-state index in [0.29, 0.717) is 12.3 Å². The summed E-state index contributed by atoms with van der Waals surface area (Å²) in [5.74, 6) is 0.580. The number of imidazole rings is 1. The van der Waals surface area contributed by atoms with Crippen LogP contribution >= 0.6 is 0 Å². The van der Waals surface area contributed by atoms with Crippen molar-refractivity contribution >= 4 is 10.0 Å². The van der Waals surface area contributed by atoms with E-state index >= 15 is 0 Å². The average molecular weight is 298 g/mol. The van der Waals surface area contributed by atoms with Crippen LogP contribution in [-0.2, 0) is 23.1 Å². The molecule has 2 N–H and O–H groups in total. The minimum Gasteiger partial charge on any atom is -0.447 e. The molecule has 2 heterocycles. The summed E-state index contributed by atoms with van der Waals surface area (Å²) >= 11 is 0. The summed E-state index contributed by atoms with van der Waals surface area (Å²) in [7, 11) is -2.16. The van der Waals surface area contributed by atoms with Crippen LogP contribution < -0.4 is 10.0 Å². The first kappa shape index (κ1) is 14.8. The summed E-state index contributed by atoms with van der Waals surface area (Å²) in [4.78, 5) is 3.98. The van der Waals surface area contributed by atoms with E-state index in [1.165, 1.54) is 13.1 Å². The molecule has 0 bridgehead atoms. The molecule has 0 amide bonds. The van der Waals surface area contributed by atoms with Crippen LogP contribution in [0.3, 0.4) is 0 Å². The van der Waals surface area contributed by atoms with Crippen LogP contribution in [0.1, 0.15) is 12.7 Å². The molecule has 2 rings (SSSR count). The zero-order valence-electron chi connectivity index (χ0n) is 11.4. The highest BCUT2D eigenvalue weighted by atomic mass is 32.2. The molecule has 0 aliphatic rings. The van der Waals surface area contributed by atoms with Gasteiger partial charge in [0.15, 0.2) is 0 Å². The van der Waals surface area contributed by atoms with Crippen molar-refractivity contribution in [3.63, 3.8) is 0 Å². The van der Waals surface area contributed by atoms with Gasteiger partial charge in [-0.3, -0.25) is 0 Å². The van der Waals surface area contributed by atoms with Gasteiger partial charge in [0, 0.05) is 25.0 Å². The van der Waals surface area contributed by atoms with Gasteiger partial charge < -0.3 is 14.3 Å². The van der Waals surface area contributed by atoms with E-state index in [9.17, 15) is 8.42 Å². The van der Waals surface area contributed by atoms with Crippen LogP contribution in [0.2, 0.25) is 0 Å². The van der Waals surface area contributed by atoms with Gasteiger partial charge >= 0.3 is 0 Å². The van der Waals surface area contributed by atoms with Crippen molar-refractivity contribution < 1.29 is 12.8 Å². The molecule has 8 heteroatoms. The van der Waals surface area contributed by atoms with Crippen molar-refractivity contribution in [2.75, 3.05) is 7.05 Å². The summed E-state index contributed by atoms with van der Waals surface area (Å²) in [5.41, 5.74) is 0. The molecule has 2 aromatic heterocycles. The molecule has 0 aliphatic heterocycles. The Balaban J connectivity index is 1.88. The van der Waals surface area contributed by atoms with E-state index in [4.69, 9.17) is 4.42 Å². The summed E-state index contributed by atoms with van der Waals surface area (Å²) in [6, 6.07) is 3.31. The van der Waals surface area contributed by atoms with Gasteiger partial charge in [0.2, 0.25) is 5.09 Å². The number of sulfonamides is 1. The van der Waals surface area contributed by atoms with E-state index in [0.717, 1.165) is 6.54 Å². The van der Waals surface area contributed by atoms with Crippen molar-refractivity contribution in [3.05, 3.63) is 36.6 Å². The molecule has 1 unspecified atom stereocenters. The van der Waals surface area contributed by atoms with Gasteiger partial charge in [-0.25, -0.2) is 18.1 Å². The Hall–Kier alpha value is -1.64. The molecule has 0 aromatic carbocycles. The van der Waals surface area contributed by atoms with Crippen LogP contribution in [0, 0.1) is 0 Å². The molecule has 1 atom stereocenters. The Morgan fingerprint density at radius 2 is 2.25 bits per heavy atom. The Morgan fingerprint density at radius 1 is 1.45 bits per heavy atom. The monoisotopic (exact) mass is 298 g/mol. The predicted molar refractivity (Wildman–Crippen MR) is 73.5 cm³/mol. The van der Waals surface area contributed by atoms with Gasteiger partial charge in [0.25, 0.3) is 10.0 Å². The molecule has 20 heavy (non-hydrogen) atoms. The molecule has 0 spiro atoms. The van der Waals surface area contributed by atoms with Crippen molar-refractivity contribution in [1.82, 2.24) is 19.6 Å². The van der Waals surface area contributed by atoms with E-state index in [-0.39, 0.29) is 11.1 Å². The smallest absolute Gasteiger partial charge is 0.273 e. The lowest BCUT2D eigenvalue weighted by Gasteiger charge is -2.13. The van der Waals surface area contributed by atoms with Gasteiger partial charge in [-0.2, -0.15) is 0 Å². The Morgan fingerprint density at radius 3 is 2.90 bits per heavy atom. The molecule has 2 aromatic rings. The van der Waals surface area contributed by atoms with Crippen molar-refractivity contribution in [1.29, 1.82) is 0 Å². The maximum atomic E-state index is 11.5. The molecule has 110 valence electrons. The fraction of sp³-hybridized carbons (Fsp3) is 0.417. The second kappa shape index (κ2) is 6.21. The van der Waals surface area contributed by atoms with Crippen LogP contribution in [0.15, 0.2) is 40.4 Å². The largest absolute Gasteiger partial charge is 0.447 e. The topological polar surface area (TPSA) is 89.2 Å². The van der Waals surface area contributed by atoms with Crippen molar-refractivity contribution in [2.24, 2.45) is 0 Å². The number of rotatable bonds is 7. The highest BCUT2D eigenvalue weighted by molar-refractivity contribution is 7.89. The normalized spacial score (nSPS) is 13.5. The maximum absolute atomic E-state index is 11.5. The summed E-state index contributed by atoms with van der Waals surface area (Å²) in [5, 5.41) is 3.19. The minimum atomic E-state index is -3.51. The van der Waals surface area contributed by atoms with Gasteiger partial charge in [0.1, 0.15) is 5.76 Å². The quantitative estimate of drug-likeness (QED) is 0.780. The number of nitrogens with one attached hydrogen (secondary N) is 2. The predicted octanol–water partition coefficient (Wildman–Crippen LogP) is 0.562. The Labute approximate surface area is 118 Å². The average Bonchev–Trinajstić information content (AvgIpc) is 3.07. The first-order valence-corrected chi connectivity index (χ1v) is 7.71. The molecule has 0 saturated carbocycles. The second-order valence-electron chi connectivity index (χ2n) is 4.47. The third-order valence-electron chi connectivity index (χ3n) is 2.84. The van der Waals surface area contributed by atoms with Crippen LogP contribution in [0.25, 0.3) is 0 Å². The van der Waals surface area contributed by atoms with Crippen LogP contribution in [0.4, 0.5) is 0 Å². The highest BCUT2D eigenvalue weighted by Gasteiger charge is 2.16. The summed E-state index contributed by atoms with van der Waals surface area (Å²) in [6.07, 6.45) is 5.37. The fourth-order valence-electron chi connectivity index (χ4n) is 1.75. The lowest BCUT2D eigenvalue weighted by molar-refractivity contribution is 0.381. The summed E-state index contributed by atoms with van der Waals surface area (Å²) < 4.78 is 32.5. The lowest BCUT2D eigenvalue weighted by Crippen LogP contribution is -2.29. The molecule has 7 nitrogen and oxygen atoms in total. The number of furan rings is 1. The number of hydrogen-bond donors (Lipinski definition) is 2. The first-order chi connectivity index (χ1) is 9.51. The number of hydrogen-bond acceptors (Lipinski definition) is 5. The fourth-order valence-corrected chi connectivity index (χ4v) is 2.41. The number of aromatic nitrogens is 2. The lowest BCUT2D eigenvalue weighted by atomic mass is 10.3. The van der Waals surface area contributed by atoms with Crippen molar-refractivity contribution in [2.45, 2.75) is 31.1 Å². The molecule has 0 radical (unpaired) electrons. The molecular weight excluding hydrogens is 280 g/mol. The van der Waals surface area contributed by atoms with E-state index < -0.39 is 10.0 Å². The Bertz CT molecular complexity index is 633. The van der Waals surface area contributed by atoms with Crippen molar-refractivity contribution in [3.8, 4) is 0 Å². The van der Waals surface area contributed by atoms with Gasteiger partial charge in [-0.1, -0.05) is 0 Å². The number of nitrogens with zero attached hydrogens (tertiary/aromatic N) is 2. The first-order valence-electron chi connectivity index (χ1n) is 6.22. The van der Waals surface area contributed by atoms with Gasteiger partial charge in [-0.15, -0.1) is 0 Å². The zero-order valence-corrected chi connectivity index (χ0v) is 12.2. The molecular formula is C12H18N4O3S. The minimum absolute atomic E-state index is 0.0703. The Kier molecular flexibility index (Phi) is 4.58. The van der Waals surface area contributed by atoms with E-state index in [1.54, 1.807) is 18.6 Å². The summed E-state index contributed by atoms with van der Waals surface area (Å²) in [6.45, 7) is 3.28. The van der Waals surface area contributed by atoms with Gasteiger partial charge in [0.05, 0.1) is 12.9 Å². The van der Waals surface area contributed by atoms with Crippen LogP contribution in [-0.4, -0.2) is 31.1 Å². The SMILES string of the molecule is CNS(=O)(=O)c1ccc(CNC(C)Cn2ccnc2)o1. The van der Waals surface area contributed by atoms with Crippen LogP contribution in [0.5, 0.6) is 0 Å². The molecule has 0 aliphatic carbocycles. The standard InChI is InChI=1S/C12H18N4O3S/c1-10(8-16-6-5-14-9-16)15-7-11-3-4-12(19-11)20(17,18)13-2/h3-6,9-10,13,15H,7-8H2,1-2H3. The zero-order chi connectivity index (χ0) is 14.6.